The standard InChI is InChI=1S/C20H23N5O4/c26-18(23-20(28)21-12-11-15-7-3-1-4-8-15)14-29-19(27)17-13-22-25(24-17)16-9-5-2-6-10-16/h2,5-7,9-10,13H,1,3-4,8,11-12,14H2,(H2,21,23,26,28). The van der Waals surface area contributed by atoms with Gasteiger partial charge in [0.1, 0.15) is 0 Å². The fourth-order valence-electron chi connectivity index (χ4n) is 2.92. The molecule has 0 saturated heterocycles. The van der Waals surface area contributed by atoms with E-state index in [1.807, 2.05) is 18.2 Å². The number of carbonyl (C=O) groups excluding carboxylic acids is 3. The molecule has 1 aliphatic rings. The lowest BCUT2D eigenvalue weighted by Gasteiger charge is -2.13. The van der Waals surface area contributed by atoms with Crippen LogP contribution in [0.15, 0.2) is 48.2 Å². The maximum absolute atomic E-state index is 12.0. The number of amides is 3. The first-order chi connectivity index (χ1) is 14.1. The van der Waals surface area contributed by atoms with Crippen LogP contribution in [0.25, 0.3) is 5.69 Å². The molecule has 1 aliphatic carbocycles. The number of benzene rings is 1. The first-order valence-corrected chi connectivity index (χ1v) is 9.52. The summed E-state index contributed by atoms with van der Waals surface area (Å²) in [4.78, 5) is 36.8. The number of carbonyl (C=O) groups is 3. The van der Waals surface area contributed by atoms with Crippen LogP contribution in [0.2, 0.25) is 0 Å². The van der Waals surface area contributed by atoms with E-state index in [1.165, 1.54) is 29.4 Å². The van der Waals surface area contributed by atoms with Gasteiger partial charge in [0.15, 0.2) is 12.3 Å². The number of ether oxygens (including phenoxy) is 1. The number of rotatable bonds is 7. The number of para-hydroxylation sites is 1. The van der Waals surface area contributed by atoms with Crippen LogP contribution in [-0.2, 0) is 9.53 Å². The van der Waals surface area contributed by atoms with Crippen molar-refractivity contribution < 1.29 is 19.1 Å². The summed E-state index contributed by atoms with van der Waals surface area (Å²) in [6.45, 7) is -0.136. The number of hydrogen-bond acceptors (Lipinski definition) is 6. The molecule has 9 heteroatoms. The molecule has 1 heterocycles. The largest absolute Gasteiger partial charge is 0.451 e. The summed E-state index contributed by atoms with van der Waals surface area (Å²) in [5.74, 6) is -1.52. The molecule has 3 amide bonds. The normalized spacial score (nSPS) is 13.3. The Morgan fingerprint density at radius 1 is 1.14 bits per heavy atom. The van der Waals surface area contributed by atoms with Gasteiger partial charge < -0.3 is 10.1 Å². The predicted octanol–water partition coefficient (Wildman–Crippen LogP) is 2.14. The molecule has 0 radical (unpaired) electrons. The molecule has 0 aliphatic heterocycles. The predicted molar refractivity (Wildman–Crippen MR) is 104 cm³/mol. The van der Waals surface area contributed by atoms with Crippen molar-refractivity contribution in [3.05, 3.63) is 53.9 Å². The first kappa shape index (κ1) is 20.2. The molecular formula is C20H23N5O4. The molecule has 2 aromatic rings. The van der Waals surface area contributed by atoms with Gasteiger partial charge in [-0.1, -0.05) is 29.8 Å². The number of imide groups is 1. The fraction of sp³-hybridized carbons (Fsp3) is 0.350. The zero-order chi connectivity index (χ0) is 20.5. The summed E-state index contributed by atoms with van der Waals surface area (Å²) >= 11 is 0. The molecule has 0 bridgehead atoms. The van der Waals surface area contributed by atoms with Crippen molar-refractivity contribution in [2.45, 2.75) is 32.1 Å². The molecule has 3 rings (SSSR count). The highest BCUT2D eigenvalue weighted by Gasteiger charge is 2.16. The molecule has 0 unspecified atom stereocenters. The molecule has 0 atom stereocenters. The van der Waals surface area contributed by atoms with Crippen molar-refractivity contribution in [1.29, 1.82) is 0 Å². The van der Waals surface area contributed by atoms with Crippen LogP contribution < -0.4 is 10.6 Å². The van der Waals surface area contributed by atoms with E-state index >= 15 is 0 Å². The number of nitrogens with one attached hydrogen (secondary N) is 2. The van der Waals surface area contributed by atoms with Gasteiger partial charge in [-0.3, -0.25) is 10.1 Å². The highest BCUT2D eigenvalue weighted by Crippen LogP contribution is 2.19. The van der Waals surface area contributed by atoms with Crippen LogP contribution in [0.5, 0.6) is 0 Å². The Bertz CT molecular complexity index is 891. The molecule has 152 valence electrons. The minimum atomic E-state index is -0.799. The average Bonchev–Trinajstić information content (AvgIpc) is 3.24. The highest BCUT2D eigenvalue weighted by atomic mass is 16.5. The molecule has 1 aromatic carbocycles. The number of hydrogen-bond donors (Lipinski definition) is 2. The van der Waals surface area contributed by atoms with Crippen LogP contribution in [-0.4, -0.2) is 46.1 Å². The lowest BCUT2D eigenvalue weighted by Crippen LogP contribution is -2.41. The van der Waals surface area contributed by atoms with E-state index in [0.717, 1.165) is 19.3 Å². The van der Waals surface area contributed by atoms with E-state index in [4.69, 9.17) is 4.74 Å². The number of aromatic nitrogens is 3. The Labute approximate surface area is 168 Å². The van der Waals surface area contributed by atoms with Gasteiger partial charge in [-0.15, -0.1) is 5.10 Å². The summed E-state index contributed by atoms with van der Waals surface area (Å²) in [7, 11) is 0. The lowest BCUT2D eigenvalue weighted by molar-refractivity contribution is -0.123. The van der Waals surface area contributed by atoms with Crippen molar-refractivity contribution >= 4 is 17.9 Å². The van der Waals surface area contributed by atoms with E-state index in [1.54, 1.807) is 12.1 Å². The van der Waals surface area contributed by atoms with Gasteiger partial charge in [-0.2, -0.15) is 9.90 Å². The van der Waals surface area contributed by atoms with Crippen LogP contribution in [0.4, 0.5) is 4.79 Å². The monoisotopic (exact) mass is 397 g/mol. The first-order valence-electron chi connectivity index (χ1n) is 9.52. The van der Waals surface area contributed by atoms with E-state index < -0.39 is 24.5 Å². The molecule has 0 fully saturated rings. The van der Waals surface area contributed by atoms with Crippen LogP contribution in [0, 0.1) is 0 Å². The van der Waals surface area contributed by atoms with Crippen LogP contribution >= 0.6 is 0 Å². The molecule has 0 saturated carbocycles. The Morgan fingerprint density at radius 2 is 1.97 bits per heavy atom. The van der Waals surface area contributed by atoms with Gasteiger partial charge in [0, 0.05) is 6.54 Å². The van der Waals surface area contributed by atoms with Gasteiger partial charge in [0.05, 0.1) is 11.9 Å². The van der Waals surface area contributed by atoms with Crippen molar-refractivity contribution in [3.63, 3.8) is 0 Å². The topological polar surface area (TPSA) is 115 Å². The summed E-state index contributed by atoms with van der Waals surface area (Å²) in [5.41, 5.74) is 1.98. The molecular weight excluding hydrogens is 374 g/mol. The summed E-state index contributed by atoms with van der Waals surface area (Å²) in [6.07, 6.45) is 8.78. The van der Waals surface area contributed by atoms with Crippen molar-refractivity contribution in [3.8, 4) is 5.69 Å². The Kier molecular flexibility index (Phi) is 7.10. The smallest absolute Gasteiger partial charge is 0.361 e. The average molecular weight is 397 g/mol. The maximum Gasteiger partial charge on any atom is 0.361 e. The Balaban J connectivity index is 1.37. The number of urea groups is 1. The number of esters is 1. The minimum absolute atomic E-state index is 0.0353. The third-order valence-electron chi connectivity index (χ3n) is 4.39. The summed E-state index contributed by atoms with van der Waals surface area (Å²) in [5, 5.41) is 12.8. The van der Waals surface area contributed by atoms with Gasteiger partial charge in [0.2, 0.25) is 0 Å². The van der Waals surface area contributed by atoms with Crippen molar-refractivity contribution in [2.75, 3.05) is 13.2 Å². The van der Waals surface area contributed by atoms with Crippen LogP contribution in [0.3, 0.4) is 0 Å². The Hall–Kier alpha value is -3.49. The number of nitrogens with zero attached hydrogens (tertiary/aromatic N) is 3. The second kappa shape index (κ2) is 10.2. The summed E-state index contributed by atoms with van der Waals surface area (Å²) < 4.78 is 4.88. The highest BCUT2D eigenvalue weighted by molar-refractivity contribution is 5.96. The van der Waals surface area contributed by atoms with Crippen molar-refractivity contribution in [1.82, 2.24) is 25.6 Å². The van der Waals surface area contributed by atoms with Gasteiger partial charge in [-0.05, 0) is 44.2 Å². The lowest BCUT2D eigenvalue weighted by atomic mass is 9.97. The second-order valence-corrected chi connectivity index (χ2v) is 6.59. The van der Waals surface area contributed by atoms with Crippen LogP contribution in [0.1, 0.15) is 42.6 Å². The molecule has 1 aromatic heterocycles. The van der Waals surface area contributed by atoms with E-state index in [-0.39, 0.29) is 5.69 Å². The zero-order valence-corrected chi connectivity index (χ0v) is 16.0. The van der Waals surface area contributed by atoms with Crippen molar-refractivity contribution in [2.24, 2.45) is 0 Å². The second-order valence-electron chi connectivity index (χ2n) is 6.59. The maximum atomic E-state index is 12.0. The zero-order valence-electron chi connectivity index (χ0n) is 16.0. The Morgan fingerprint density at radius 3 is 2.72 bits per heavy atom. The van der Waals surface area contributed by atoms with Gasteiger partial charge >= 0.3 is 12.0 Å². The van der Waals surface area contributed by atoms with E-state index in [0.29, 0.717) is 12.2 Å². The molecule has 2 N–H and O–H groups in total. The fourth-order valence-corrected chi connectivity index (χ4v) is 2.92. The van der Waals surface area contributed by atoms with E-state index in [2.05, 4.69) is 26.9 Å². The third kappa shape index (κ3) is 6.27. The van der Waals surface area contributed by atoms with E-state index in [9.17, 15) is 14.4 Å². The van der Waals surface area contributed by atoms with Gasteiger partial charge in [-0.25, -0.2) is 9.59 Å². The third-order valence-corrected chi connectivity index (χ3v) is 4.39. The minimum Gasteiger partial charge on any atom is -0.451 e. The summed E-state index contributed by atoms with van der Waals surface area (Å²) in [6, 6.07) is 8.44. The quantitative estimate of drug-likeness (QED) is 0.546. The molecule has 29 heavy (non-hydrogen) atoms. The van der Waals surface area contributed by atoms with Gasteiger partial charge in [0.25, 0.3) is 5.91 Å². The SMILES string of the molecule is O=C(COC(=O)c1cnn(-c2ccccc2)n1)NC(=O)NCCC1=CCCCC1. The molecule has 9 nitrogen and oxygen atoms in total. The molecule has 0 spiro atoms. The number of allylic oxidation sites excluding steroid dienone is 1.